The number of hydrogen-bond acceptors (Lipinski definition) is 8. The van der Waals surface area contributed by atoms with Crippen LogP contribution in [0.1, 0.15) is 251 Å². The summed E-state index contributed by atoms with van der Waals surface area (Å²) in [6, 6.07) is -0.799. The predicted molar refractivity (Wildman–Crippen MR) is 249 cm³/mol. The van der Waals surface area contributed by atoms with E-state index in [1.54, 1.807) is 6.08 Å². The summed E-state index contributed by atoms with van der Waals surface area (Å²) < 4.78 is 11.2. The molecule has 1 amide bonds. The number of hydrogen-bond donors (Lipinski definition) is 6. The highest BCUT2D eigenvalue weighted by molar-refractivity contribution is 5.76. The van der Waals surface area contributed by atoms with E-state index in [0.717, 1.165) is 38.5 Å². The fraction of sp³-hybridized carbons (Fsp3) is 0.941. The second kappa shape index (κ2) is 41.9. The number of carbonyl (C=O) groups is 1. The van der Waals surface area contributed by atoms with Crippen molar-refractivity contribution in [2.75, 3.05) is 13.2 Å². The van der Waals surface area contributed by atoms with Crippen molar-refractivity contribution < 1.29 is 39.8 Å². The SMILES string of the molecule is CCCCCCCCCCCCCCCCC/C=C/[C@@H](O)[C@H](CO[C@@H]1O[C@H](CO)[C@H](O)C(O)C1O)NC(=O)CCCCCCCCCCCCCCCCCCCCCC. The third-order valence-corrected chi connectivity index (χ3v) is 12.6. The van der Waals surface area contributed by atoms with Gasteiger partial charge in [-0.2, -0.15) is 0 Å². The minimum atomic E-state index is -1.56. The van der Waals surface area contributed by atoms with Crippen molar-refractivity contribution in [3.05, 3.63) is 12.2 Å². The van der Waals surface area contributed by atoms with Crippen molar-refractivity contribution in [1.82, 2.24) is 5.32 Å². The summed E-state index contributed by atoms with van der Waals surface area (Å²) in [7, 11) is 0. The fourth-order valence-corrected chi connectivity index (χ4v) is 8.45. The van der Waals surface area contributed by atoms with Gasteiger partial charge in [0.2, 0.25) is 5.91 Å². The van der Waals surface area contributed by atoms with Gasteiger partial charge in [-0.1, -0.05) is 238 Å². The summed E-state index contributed by atoms with van der Waals surface area (Å²) in [6.45, 7) is 3.81. The van der Waals surface area contributed by atoms with Crippen molar-refractivity contribution >= 4 is 5.91 Å². The highest BCUT2D eigenvalue weighted by atomic mass is 16.7. The van der Waals surface area contributed by atoms with Crippen LogP contribution in [0.2, 0.25) is 0 Å². The number of nitrogens with one attached hydrogen (secondary N) is 1. The molecule has 0 spiro atoms. The standard InChI is InChI=1S/C51H99NO8/c1-3-5-7-9-11-13-15-17-19-21-22-23-25-27-29-31-33-35-37-39-41-47(55)52-44(43-59-51-50(58)49(57)48(56)46(42-53)60-51)45(54)40-38-36-34-32-30-28-26-24-20-18-16-14-12-10-8-6-4-2/h38,40,44-46,48-51,53-54,56-58H,3-37,39,41-43H2,1-2H3,(H,52,55)/b40-38+/t44-,45+,46+,48-,49?,50?,51+/m0/s1. The molecule has 0 radical (unpaired) electrons. The lowest BCUT2D eigenvalue weighted by Crippen LogP contribution is -2.60. The van der Waals surface area contributed by atoms with Gasteiger partial charge in [-0.15, -0.1) is 0 Å². The normalized spacial score (nSPS) is 20.6. The van der Waals surface area contributed by atoms with Crippen LogP contribution in [0.4, 0.5) is 0 Å². The van der Waals surface area contributed by atoms with E-state index >= 15 is 0 Å². The Morgan fingerprint density at radius 3 is 1.30 bits per heavy atom. The fourth-order valence-electron chi connectivity index (χ4n) is 8.45. The first-order valence-electron chi connectivity index (χ1n) is 25.9. The molecular weight excluding hydrogens is 755 g/mol. The summed E-state index contributed by atoms with van der Waals surface area (Å²) in [4.78, 5) is 13.0. The van der Waals surface area contributed by atoms with Gasteiger partial charge in [0, 0.05) is 6.42 Å². The molecule has 1 rings (SSSR count). The van der Waals surface area contributed by atoms with E-state index in [1.165, 1.54) is 193 Å². The molecule has 7 atom stereocenters. The van der Waals surface area contributed by atoms with Crippen LogP contribution in [0.3, 0.4) is 0 Å². The van der Waals surface area contributed by atoms with Crippen LogP contribution in [0.5, 0.6) is 0 Å². The van der Waals surface area contributed by atoms with E-state index in [1.807, 2.05) is 6.08 Å². The Kier molecular flexibility index (Phi) is 39.8. The predicted octanol–water partition coefficient (Wildman–Crippen LogP) is 11.7. The Morgan fingerprint density at radius 1 is 0.550 bits per heavy atom. The molecule has 0 aromatic rings. The smallest absolute Gasteiger partial charge is 0.220 e. The molecule has 0 aromatic heterocycles. The molecule has 0 aliphatic carbocycles. The van der Waals surface area contributed by atoms with Crippen LogP contribution >= 0.6 is 0 Å². The van der Waals surface area contributed by atoms with E-state index < -0.39 is 49.5 Å². The maximum Gasteiger partial charge on any atom is 0.220 e. The van der Waals surface area contributed by atoms with Crippen molar-refractivity contribution in [2.24, 2.45) is 0 Å². The lowest BCUT2D eigenvalue weighted by atomic mass is 9.99. The molecule has 1 aliphatic rings. The largest absolute Gasteiger partial charge is 0.394 e. The van der Waals surface area contributed by atoms with Crippen LogP contribution in [0, 0.1) is 0 Å². The topological polar surface area (TPSA) is 149 Å². The molecule has 1 heterocycles. The first-order chi connectivity index (χ1) is 29.3. The third-order valence-electron chi connectivity index (χ3n) is 12.6. The Bertz CT molecular complexity index is 950. The van der Waals surface area contributed by atoms with E-state index in [2.05, 4.69) is 19.2 Å². The second-order valence-electron chi connectivity index (χ2n) is 18.3. The van der Waals surface area contributed by atoms with E-state index in [9.17, 15) is 30.3 Å². The summed E-state index contributed by atoms with van der Waals surface area (Å²) in [5.41, 5.74) is 0. The number of ether oxygens (including phenoxy) is 2. The quantitative estimate of drug-likeness (QED) is 0.0262. The molecule has 1 aliphatic heterocycles. The van der Waals surface area contributed by atoms with Gasteiger partial charge in [-0.05, 0) is 19.3 Å². The van der Waals surface area contributed by atoms with E-state index in [0.29, 0.717) is 6.42 Å². The van der Waals surface area contributed by atoms with Crippen LogP contribution < -0.4 is 5.32 Å². The average molecular weight is 854 g/mol. The molecule has 9 heteroatoms. The van der Waals surface area contributed by atoms with Gasteiger partial charge in [0.25, 0.3) is 0 Å². The molecule has 60 heavy (non-hydrogen) atoms. The molecule has 6 N–H and O–H groups in total. The van der Waals surface area contributed by atoms with Gasteiger partial charge < -0.3 is 40.3 Å². The maximum absolute atomic E-state index is 13.0. The molecule has 0 saturated carbocycles. The summed E-state index contributed by atoms with van der Waals surface area (Å²) in [6.07, 6.45) is 42.6. The Hall–Kier alpha value is -1.07. The number of aliphatic hydroxyl groups is 5. The van der Waals surface area contributed by atoms with Crippen molar-refractivity contribution in [3.8, 4) is 0 Å². The van der Waals surface area contributed by atoms with Gasteiger partial charge in [0.15, 0.2) is 6.29 Å². The molecule has 0 bridgehead atoms. The van der Waals surface area contributed by atoms with Gasteiger partial charge in [-0.25, -0.2) is 0 Å². The Balaban J connectivity index is 2.28. The third kappa shape index (κ3) is 31.7. The number of amides is 1. The summed E-state index contributed by atoms with van der Waals surface area (Å²) in [5, 5.41) is 54.3. The van der Waals surface area contributed by atoms with Crippen molar-refractivity contribution in [2.45, 2.75) is 294 Å². The summed E-state index contributed by atoms with van der Waals surface area (Å²) in [5.74, 6) is -0.172. The number of rotatable bonds is 44. The van der Waals surface area contributed by atoms with Crippen LogP contribution in [-0.2, 0) is 14.3 Å². The van der Waals surface area contributed by atoms with Crippen LogP contribution in [-0.4, -0.2) is 87.5 Å². The van der Waals surface area contributed by atoms with Gasteiger partial charge in [0.1, 0.15) is 24.4 Å². The lowest BCUT2D eigenvalue weighted by Gasteiger charge is -2.40. The molecule has 1 saturated heterocycles. The highest BCUT2D eigenvalue weighted by Crippen LogP contribution is 2.23. The first kappa shape index (κ1) is 56.9. The van der Waals surface area contributed by atoms with Gasteiger partial charge in [-0.3, -0.25) is 4.79 Å². The number of carbonyl (C=O) groups excluding carboxylic acids is 1. The minimum absolute atomic E-state index is 0.172. The number of aliphatic hydroxyl groups excluding tert-OH is 5. The molecule has 0 aromatic carbocycles. The Morgan fingerprint density at radius 2 is 0.917 bits per heavy atom. The van der Waals surface area contributed by atoms with E-state index in [-0.39, 0.29) is 12.5 Å². The molecule has 356 valence electrons. The van der Waals surface area contributed by atoms with Crippen molar-refractivity contribution in [3.63, 3.8) is 0 Å². The zero-order chi connectivity index (χ0) is 43.7. The zero-order valence-electron chi connectivity index (χ0n) is 39.2. The average Bonchev–Trinajstić information content (AvgIpc) is 3.25. The monoisotopic (exact) mass is 854 g/mol. The Labute approximate surface area is 369 Å². The van der Waals surface area contributed by atoms with Gasteiger partial charge in [0.05, 0.1) is 25.4 Å². The van der Waals surface area contributed by atoms with Crippen LogP contribution in [0.15, 0.2) is 12.2 Å². The van der Waals surface area contributed by atoms with E-state index in [4.69, 9.17) is 9.47 Å². The maximum atomic E-state index is 13.0. The number of allylic oxidation sites excluding steroid dienone is 1. The number of unbranched alkanes of at least 4 members (excludes halogenated alkanes) is 34. The minimum Gasteiger partial charge on any atom is -0.394 e. The molecule has 2 unspecified atom stereocenters. The van der Waals surface area contributed by atoms with Gasteiger partial charge >= 0.3 is 0 Å². The molecule has 9 nitrogen and oxygen atoms in total. The zero-order valence-corrected chi connectivity index (χ0v) is 39.2. The first-order valence-corrected chi connectivity index (χ1v) is 25.9. The lowest BCUT2D eigenvalue weighted by molar-refractivity contribution is -0.302. The van der Waals surface area contributed by atoms with Crippen molar-refractivity contribution in [1.29, 1.82) is 0 Å². The second-order valence-corrected chi connectivity index (χ2v) is 18.3. The molecular formula is C51H99NO8. The highest BCUT2D eigenvalue weighted by Gasteiger charge is 2.44. The van der Waals surface area contributed by atoms with Crippen LogP contribution in [0.25, 0.3) is 0 Å². The molecule has 1 fully saturated rings. The summed E-state index contributed by atoms with van der Waals surface area (Å²) >= 11 is 0.